The summed E-state index contributed by atoms with van der Waals surface area (Å²) in [6.07, 6.45) is -0.875. The summed E-state index contributed by atoms with van der Waals surface area (Å²) in [6, 6.07) is 0. The Kier molecular flexibility index (Phi) is 5.80. The summed E-state index contributed by atoms with van der Waals surface area (Å²) in [5.74, 6) is 0. The van der Waals surface area contributed by atoms with Gasteiger partial charge in [0, 0.05) is 0 Å². The van der Waals surface area contributed by atoms with E-state index in [4.69, 9.17) is 46.4 Å². The van der Waals surface area contributed by atoms with Crippen LogP contribution in [0.25, 0.3) is 0 Å². The van der Waals surface area contributed by atoms with Crippen molar-refractivity contribution in [3.8, 4) is 0 Å². The highest BCUT2D eigenvalue weighted by Gasteiger charge is 2.22. The van der Waals surface area contributed by atoms with E-state index in [1.54, 1.807) is 0 Å². The molecule has 0 bridgehead atoms. The molecular formula is C5H5Cl4NO3. The Bertz CT molecular complexity index is 202. The predicted octanol–water partition coefficient (Wildman–Crippen LogP) is 1.85. The zero-order valence-corrected chi connectivity index (χ0v) is 9.17. The maximum Gasteiger partial charge on any atom is 0.407 e. The van der Waals surface area contributed by atoms with Crippen molar-refractivity contribution in [1.82, 2.24) is 5.32 Å². The number of alkyl halides is 3. The number of hydrogen-bond donors (Lipinski definition) is 1. The Hall–Kier alpha value is 0.1000. The molecule has 1 amide bonds. The van der Waals surface area contributed by atoms with Gasteiger partial charge in [-0.2, -0.15) is 0 Å². The molecule has 0 rings (SSSR count). The lowest BCUT2D eigenvalue weighted by Crippen LogP contribution is -2.30. The minimum absolute atomic E-state index is 0.333. The van der Waals surface area contributed by atoms with Crippen molar-refractivity contribution in [1.29, 1.82) is 0 Å². The quantitative estimate of drug-likeness (QED) is 0.628. The van der Waals surface area contributed by atoms with Gasteiger partial charge in [0.25, 0.3) is 0 Å². The Balaban J connectivity index is 3.58. The van der Waals surface area contributed by atoms with Gasteiger partial charge < -0.3 is 10.1 Å². The minimum Gasteiger partial charge on any atom is -0.445 e. The van der Waals surface area contributed by atoms with Crippen LogP contribution in [0.15, 0.2) is 0 Å². The highest BCUT2D eigenvalue weighted by Crippen LogP contribution is 2.25. The monoisotopic (exact) mass is 267 g/mol. The van der Waals surface area contributed by atoms with Crippen molar-refractivity contribution in [2.45, 2.75) is 3.79 Å². The molecule has 0 heterocycles. The molecule has 0 aliphatic rings. The lowest BCUT2D eigenvalue weighted by Gasteiger charge is -2.10. The molecule has 0 aliphatic carbocycles. The number of carbonyl (C=O) groups excluding carboxylic acids is 2. The van der Waals surface area contributed by atoms with Crippen LogP contribution in [0.5, 0.6) is 0 Å². The van der Waals surface area contributed by atoms with E-state index in [1.165, 1.54) is 0 Å². The summed E-state index contributed by atoms with van der Waals surface area (Å²) in [5.41, 5.74) is 0. The fourth-order valence-electron chi connectivity index (χ4n) is 0.340. The smallest absolute Gasteiger partial charge is 0.407 e. The summed E-state index contributed by atoms with van der Waals surface area (Å²) < 4.78 is 2.74. The van der Waals surface area contributed by atoms with Gasteiger partial charge >= 0.3 is 6.09 Å². The van der Waals surface area contributed by atoms with Gasteiger partial charge in [-0.3, -0.25) is 4.79 Å². The molecule has 0 aromatic heterocycles. The van der Waals surface area contributed by atoms with Crippen LogP contribution in [0.3, 0.4) is 0 Å². The van der Waals surface area contributed by atoms with Crippen molar-refractivity contribution in [3.63, 3.8) is 0 Å². The van der Waals surface area contributed by atoms with E-state index >= 15 is 0 Å². The third-order valence-electron chi connectivity index (χ3n) is 0.739. The first-order valence-corrected chi connectivity index (χ1v) is 4.48. The van der Waals surface area contributed by atoms with Crippen LogP contribution in [0, 0.1) is 0 Å². The first-order valence-electron chi connectivity index (χ1n) is 2.97. The molecule has 76 valence electrons. The Labute approximate surface area is 94.4 Å². The number of hydrogen-bond acceptors (Lipinski definition) is 3. The molecule has 4 nitrogen and oxygen atoms in total. The third kappa shape index (κ3) is 10.0. The standard InChI is InChI=1S/C5H5Cl4NO3/c6-3(11)1-10-4(12)13-2-5(7,8)9/h1-2H2,(H,10,12). The van der Waals surface area contributed by atoms with Gasteiger partial charge in [0.1, 0.15) is 6.61 Å². The molecule has 0 atom stereocenters. The molecule has 0 radical (unpaired) electrons. The summed E-state index contributed by atoms with van der Waals surface area (Å²) in [4.78, 5) is 20.8. The molecule has 0 aromatic rings. The van der Waals surface area contributed by atoms with E-state index < -0.39 is 21.7 Å². The molecule has 13 heavy (non-hydrogen) atoms. The molecule has 0 spiro atoms. The summed E-state index contributed by atoms with van der Waals surface area (Å²) in [7, 11) is 0. The van der Waals surface area contributed by atoms with E-state index in [9.17, 15) is 9.59 Å². The van der Waals surface area contributed by atoms with Crippen molar-refractivity contribution >= 4 is 57.7 Å². The maximum atomic E-state index is 10.7. The van der Waals surface area contributed by atoms with Crippen molar-refractivity contribution < 1.29 is 14.3 Å². The van der Waals surface area contributed by atoms with Crippen LogP contribution >= 0.6 is 46.4 Å². The molecule has 0 fully saturated rings. The van der Waals surface area contributed by atoms with Gasteiger partial charge in [-0.1, -0.05) is 34.8 Å². The fraction of sp³-hybridized carbons (Fsp3) is 0.600. The number of rotatable bonds is 3. The van der Waals surface area contributed by atoms with Crippen LogP contribution in [-0.2, 0) is 9.53 Å². The molecule has 0 unspecified atom stereocenters. The normalized spacial score (nSPS) is 10.8. The first-order chi connectivity index (χ1) is 5.81. The van der Waals surface area contributed by atoms with E-state index in [1.807, 2.05) is 5.32 Å². The summed E-state index contributed by atoms with van der Waals surface area (Å²) in [5, 5.41) is 1.32. The van der Waals surface area contributed by atoms with Crippen molar-refractivity contribution in [3.05, 3.63) is 0 Å². The molecule has 1 N–H and O–H groups in total. The van der Waals surface area contributed by atoms with Gasteiger partial charge in [0.2, 0.25) is 9.03 Å². The van der Waals surface area contributed by atoms with Crippen LogP contribution < -0.4 is 5.32 Å². The van der Waals surface area contributed by atoms with Gasteiger partial charge in [0.15, 0.2) is 0 Å². The highest BCUT2D eigenvalue weighted by molar-refractivity contribution is 6.67. The van der Waals surface area contributed by atoms with Gasteiger partial charge in [0.05, 0.1) is 6.54 Å². The largest absolute Gasteiger partial charge is 0.445 e. The molecule has 8 heteroatoms. The van der Waals surface area contributed by atoms with E-state index in [0.29, 0.717) is 0 Å². The number of amides is 1. The van der Waals surface area contributed by atoms with E-state index in [0.717, 1.165) is 0 Å². The minimum atomic E-state index is -1.66. The fourth-order valence-corrected chi connectivity index (χ4v) is 0.571. The van der Waals surface area contributed by atoms with Crippen LogP contribution in [0.2, 0.25) is 0 Å². The Morgan fingerprint density at radius 2 is 1.85 bits per heavy atom. The Morgan fingerprint density at radius 3 is 2.23 bits per heavy atom. The predicted molar refractivity (Wildman–Crippen MR) is 50.5 cm³/mol. The topological polar surface area (TPSA) is 55.4 Å². The zero-order chi connectivity index (χ0) is 10.5. The first kappa shape index (κ1) is 13.1. The second-order valence-corrected chi connectivity index (χ2v) is 4.84. The van der Waals surface area contributed by atoms with E-state index in [-0.39, 0.29) is 6.54 Å². The summed E-state index contributed by atoms with van der Waals surface area (Å²) in [6.45, 7) is -0.736. The summed E-state index contributed by atoms with van der Waals surface area (Å²) >= 11 is 20.7. The number of alkyl carbamates (subject to hydrolysis) is 1. The Morgan fingerprint density at radius 1 is 1.31 bits per heavy atom. The van der Waals surface area contributed by atoms with Gasteiger partial charge in [-0.05, 0) is 11.6 Å². The number of carbonyl (C=O) groups is 2. The molecule has 0 aromatic carbocycles. The molecule has 0 saturated carbocycles. The SMILES string of the molecule is O=C(Cl)CNC(=O)OCC(Cl)(Cl)Cl. The highest BCUT2D eigenvalue weighted by atomic mass is 35.6. The molecule has 0 saturated heterocycles. The number of halogens is 4. The maximum absolute atomic E-state index is 10.7. The van der Waals surface area contributed by atoms with Crippen LogP contribution in [0.1, 0.15) is 0 Å². The van der Waals surface area contributed by atoms with Gasteiger partial charge in [-0.15, -0.1) is 0 Å². The second kappa shape index (κ2) is 5.75. The average Bonchev–Trinajstić information content (AvgIpc) is 1.95. The van der Waals surface area contributed by atoms with Crippen LogP contribution in [-0.4, -0.2) is 28.3 Å². The van der Waals surface area contributed by atoms with Gasteiger partial charge in [-0.25, -0.2) is 4.79 Å². The lowest BCUT2D eigenvalue weighted by molar-refractivity contribution is -0.110. The lowest BCUT2D eigenvalue weighted by atomic mass is 10.7. The number of nitrogens with one attached hydrogen (secondary N) is 1. The van der Waals surface area contributed by atoms with Crippen molar-refractivity contribution in [2.75, 3.05) is 13.2 Å². The zero-order valence-electron chi connectivity index (χ0n) is 6.15. The van der Waals surface area contributed by atoms with Crippen LogP contribution in [0.4, 0.5) is 4.79 Å². The van der Waals surface area contributed by atoms with Crippen molar-refractivity contribution in [2.24, 2.45) is 0 Å². The second-order valence-electron chi connectivity index (χ2n) is 1.90. The average molecular weight is 269 g/mol. The van der Waals surface area contributed by atoms with E-state index in [2.05, 4.69) is 4.74 Å². The molecule has 0 aliphatic heterocycles. The third-order valence-corrected chi connectivity index (χ3v) is 1.20. The molecular weight excluding hydrogens is 264 g/mol. The number of ether oxygens (including phenoxy) is 1.